The Balaban J connectivity index is 1.30. The summed E-state index contributed by atoms with van der Waals surface area (Å²) >= 11 is 0. The zero-order valence-corrected chi connectivity index (χ0v) is 22.7. The lowest BCUT2D eigenvalue weighted by atomic mass is 9.47. The molecule has 8 atom stereocenters. The lowest BCUT2D eigenvalue weighted by molar-refractivity contribution is -0.222. The number of carbonyl (C=O) groups excluding carboxylic acids is 1. The minimum absolute atomic E-state index is 0.0128. The van der Waals surface area contributed by atoms with Crippen LogP contribution in [0, 0.1) is 34.4 Å². The van der Waals surface area contributed by atoms with Gasteiger partial charge in [-0.3, -0.25) is 4.79 Å². The maximum atomic E-state index is 13.5. The topological polar surface area (TPSA) is 93.8 Å². The van der Waals surface area contributed by atoms with Crippen LogP contribution in [0.1, 0.15) is 51.8 Å². The first kappa shape index (κ1) is 25.3. The number of halogens is 1. The largest absolute Gasteiger partial charge is 0.393 e. The lowest BCUT2D eigenvalue weighted by Gasteiger charge is -2.59. The third-order valence-corrected chi connectivity index (χ3v) is 10.6. The van der Waals surface area contributed by atoms with Crippen LogP contribution in [0.2, 0.25) is 0 Å². The smallest absolute Gasteiger partial charge is 0.193 e. The highest BCUT2D eigenvalue weighted by Gasteiger charge is 2.76. The Kier molecular flexibility index (Phi) is 5.17. The van der Waals surface area contributed by atoms with Crippen LogP contribution in [0.5, 0.6) is 0 Å². The highest BCUT2D eigenvalue weighted by Crippen LogP contribution is 2.69. The van der Waals surface area contributed by atoms with E-state index >= 15 is 0 Å². The number of benzene rings is 1. The van der Waals surface area contributed by atoms with Gasteiger partial charge in [0.1, 0.15) is 12.4 Å². The van der Waals surface area contributed by atoms with Gasteiger partial charge in [0.15, 0.2) is 17.2 Å². The number of allylic oxidation sites excluding steroid dienone is 3. The molecule has 0 radical (unpaired) electrons. The standard InChI is InChI=1S/C31H35FN2O5/c1-28(2)38-26-12-22-21-10-5-18-11-23-17(15-33-34(23)20-8-6-19(32)7-9-20)13-29(18,3)27(21)24(36)14-30(22,4)31(26,39-28)25(37)16-35/h5-11,15,21-22,24,26-27,35-36H,12-14,16H2,1-4H3/t21-,22-,24-,26+,27+,29-,30-,31+/m0/s1. The number of hydrogen-bond acceptors (Lipinski definition) is 6. The van der Waals surface area contributed by atoms with Gasteiger partial charge in [-0.25, -0.2) is 9.07 Å². The third-order valence-electron chi connectivity index (χ3n) is 10.6. The number of nitrogens with zero attached hydrogens (tertiary/aromatic N) is 2. The van der Waals surface area contributed by atoms with Crippen LogP contribution in [0.25, 0.3) is 11.8 Å². The van der Waals surface area contributed by atoms with E-state index in [4.69, 9.17) is 9.47 Å². The molecule has 2 heterocycles. The first-order valence-electron chi connectivity index (χ1n) is 13.9. The van der Waals surface area contributed by atoms with Crippen molar-refractivity contribution in [2.45, 2.75) is 70.6 Å². The molecular formula is C31H35FN2O5. The van der Waals surface area contributed by atoms with Gasteiger partial charge in [-0.2, -0.15) is 5.10 Å². The summed E-state index contributed by atoms with van der Waals surface area (Å²) in [4.78, 5) is 13.4. The number of aromatic nitrogens is 2. The average Bonchev–Trinajstić information content (AvgIpc) is 3.48. The summed E-state index contributed by atoms with van der Waals surface area (Å²) < 4.78 is 28.1. The Morgan fingerprint density at radius 3 is 2.67 bits per heavy atom. The quantitative estimate of drug-likeness (QED) is 0.618. The van der Waals surface area contributed by atoms with Gasteiger partial charge in [0.25, 0.3) is 0 Å². The number of aliphatic hydroxyl groups is 2. The Morgan fingerprint density at radius 1 is 1.21 bits per heavy atom. The monoisotopic (exact) mass is 534 g/mol. The molecule has 4 aliphatic carbocycles. The Bertz CT molecular complexity index is 1430. The number of carbonyl (C=O) groups is 1. The number of ether oxygens (including phenoxy) is 2. The van der Waals surface area contributed by atoms with Crippen molar-refractivity contribution in [3.63, 3.8) is 0 Å². The first-order chi connectivity index (χ1) is 18.4. The fourth-order valence-corrected chi connectivity index (χ4v) is 9.14. The minimum atomic E-state index is -1.29. The number of aliphatic hydroxyl groups excluding tert-OH is 2. The van der Waals surface area contributed by atoms with Crippen molar-refractivity contribution in [1.29, 1.82) is 0 Å². The summed E-state index contributed by atoms with van der Waals surface area (Å²) in [6.45, 7) is 7.27. The molecule has 2 N–H and O–H groups in total. The second kappa shape index (κ2) is 7.97. The van der Waals surface area contributed by atoms with Gasteiger partial charge in [-0.05, 0) is 86.4 Å². The van der Waals surface area contributed by atoms with Crippen LogP contribution in [0.4, 0.5) is 4.39 Å². The first-order valence-corrected chi connectivity index (χ1v) is 13.9. The van der Waals surface area contributed by atoms with Crippen LogP contribution in [0.3, 0.4) is 0 Å². The molecule has 7 nitrogen and oxygen atoms in total. The molecule has 0 bridgehead atoms. The second-order valence-corrected chi connectivity index (χ2v) is 13.1. The number of rotatable bonds is 3. The predicted molar refractivity (Wildman–Crippen MR) is 141 cm³/mol. The third kappa shape index (κ3) is 3.17. The van der Waals surface area contributed by atoms with Gasteiger partial charge in [0, 0.05) is 16.7 Å². The van der Waals surface area contributed by atoms with Gasteiger partial charge in [0.05, 0.1) is 29.8 Å². The van der Waals surface area contributed by atoms with Crippen LogP contribution in [-0.2, 0) is 20.7 Å². The molecule has 39 heavy (non-hydrogen) atoms. The Hall–Kier alpha value is -2.65. The molecule has 0 amide bonds. The summed E-state index contributed by atoms with van der Waals surface area (Å²) in [6.07, 6.45) is 8.98. The maximum absolute atomic E-state index is 13.5. The number of Topliss-reactive ketones (excluding diaryl/α,β-unsaturated/α-hetero) is 1. The van der Waals surface area contributed by atoms with Crippen molar-refractivity contribution < 1.29 is 28.9 Å². The summed E-state index contributed by atoms with van der Waals surface area (Å²) in [5.41, 5.74) is 1.67. The van der Waals surface area contributed by atoms with Crippen LogP contribution < -0.4 is 0 Å². The molecule has 1 aromatic carbocycles. The Labute approximate surface area is 227 Å². The van der Waals surface area contributed by atoms with E-state index in [1.165, 1.54) is 12.1 Å². The Morgan fingerprint density at radius 2 is 1.95 bits per heavy atom. The van der Waals surface area contributed by atoms with E-state index in [1.807, 2.05) is 31.6 Å². The predicted octanol–water partition coefficient (Wildman–Crippen LogP) is 4.00. The molecule has 0 spiro atoms. The molecule has 8 heteroatoms. The normalized spacial score (nSPS) is 41.2. The number of hydrogen-bond donors (Lipinski definition) is 2. The van der Waals surface area contributed by atoms with Gasteiger partial charge in [-0.1, -0.05) is 26.0 Å². The summed E-state index contributed by atoms with van der Waals surface area (Å²) in [7, 11) is 0. The molecule has 0 unspecified atom stereocenters. The fraction of sp³-hybridized carbons (Fsp3) is 0.548. The molecule has 2 aromatic rings. The molecular weight excluding hydrogens is 499 g/mol. The van der Waals surface area contributed by atoms with Crippen molar-refractivity contribution in [3.8, 4) is 5.69 Å². The van der Waals surface area contributed by atoms with E-state index in [0.29, 0.717) is 19.3 Å². The van der Waals surface area contributed by atoms with Crippen molar-refractivity contribution >= 4 is 11.9 Å². The molecule has 1 aliphatic heterocycles. The van der Waals surface area contributed by atoms with Crippen LogP contribution in [-0.4, -0.2) is 56.0 Å². The zero-order chi connectivity index (χ0) is 27.5. The molecule has 206 valence electrons. The zero-order valence-electron chi connectivity index (χ0n) is 22.7. The van der Waals surface area contributed by atoms with E-state index in [0.717, 1.165) is 22.5 Å². The van der Waals surface area contributed by atoms with Crippen molar-refractivity contribution in [2.24, 2.45) is 28.6 Å². The summed E-state index contributed by atoms with van der Waals surface area (Å²) in [5.74, 6) is -1.61. The van der Waals surface area contributed by atoms with E-state index in [9.17, 15) is 19.4 Å². The highest BCUT2D eigenvalue weighted by molar-refractivity contribution is 5.91. The molecule has 7 rings (SSSR count). The van der Waals surface area contributed by atoms with Crippen molar-refractivity contribution in [1.82, 2.24) is 9.78 Å². The number of fused-ring (bicyclic) bond motifs is 8. The van der Waals surface area contributed by atoms with Gasteiger partial charge in [0.2, 0.25) is 0 Å². The molecule has 5 aliphatic rings. The van der Waals surface area contributed by atoms with E-state index in [2.05, 4.69) is 30.3 Å². The average molecular weight is 535 g/mol. The molecule has 2 saturated carbocycles. The molecule has 1 saturated heterocycles. The van der Waals surface area contributed by atoms with E-state index < -0.39 is 35.6 Å². The van der Waals surface area contributed by atoms with Gasteiger partial charge in [-0.15, -0.1) is 0 Å². The number of ketones is 1. The summed E-state index contributed by atoms with van der Waals surface area (Å²) in [6, 6.07) is 6.31. The highest BCUT2D eigenvalue weighted by atomic mass is 19.1. The van der Waals surface area contributed by atoms with Crippen molar-refractivity contribution in [2.75, 3.05) is 6.61 Å². The van der Waals surface area contributed by atoms with Gasteiger partial charge >= 0.3 is 0 Å². The fourth-order valence-electron chi connectivity index (χ4n) is 9.14. The molecule has 1 aromatic heterocycles. The summed E-state index contributed by atoms with van der Waals surface area (Å²) in [5, 5.41) is 26.5. The van der Waals surface area contributed by atoms with Crippen LogP contribution >= 0.6 is 0 Å². The molecule has 3 fully saturated rings. The van der Waals surface area contributed by atoms with E-state index in [1.54, 1.807) is 12.1 Å². The van der Waals surface area contributed by atoms with Crippen LogP contribution in [0.15, 0.2) is 48.2 Å². The lowest BCUT2D eigenvalue weighted by Crippen LogP contribution is -2.63. The SMILES string of the molecule is CC1(C)O[C@@H]2C[C@H]3[C@@H]4C=CC5=Cc6c(cnn6-c6ccc(F)cc6)C[C@]5(C)[C@H]4[C@@H](O)C[C@]3(C)[C@]2(C(=O)CO)O1. The van der Waals surface area contributed by atoms with E-state index in [-0.39, 0.29) is 34.8 Å². The second-order valence-electron chi connectivity index (χ2n) is 13.1. The maximum Gasteiger partial charge on any atom is 0.193 e. The van der Waals surface area contributed by atoms with Crippen molar-refractivity contribution in [3.05, 3.63) is 65.3 Å². The minimum Gasteiger partial charge on any atom is -0.393 e. The van der Waals surface area contributed by atoms with Gasteiger partial charge < -0.3 is 19.7 Å².